The molecular formula is C23H18Br2N4O5. The topological polar surface area (TPSA) is 123 Å². The van der Waals surface area contributed by atoms with E-state index in [9.17, 15) is 19.7 Å². The number of nitrogens with zero attached hydrogens (tertiary/aromatic N) is 2. The van der Waals surface area contributed by atoms with Gasteiger partial charge in [0, 0.05) is 23.4 Å². The summed E-state index contributed by atoms with van der Waals surface area (Å²) in [5.74, 6) is -0.464. The van der Waals surface area contributed by atoms with E-state index in [0.717, 1.165) is 5.56 Å². The first-order chi connectivity index (χ1) is 16.2. The van der Waals surface area contributed by atoms with E-state index >= 15 is 0 Å². The summed E-state index contributed by atoms with van der Waals surface area (Å²) in [4.78, 5) is 34.6. The number of aryl methyl sites for hydroxylation is 1. The molecule has 174 valence electrons. The number of hydrazone groups is 1. The van der Waals surface area contributed by atoms with Crippen molar-refractivity contribution in [1.29, 1.82) is 0 Å². The average molecular weight is 590 g/mol. The van der Waals surface area contributed by atoms with E-state index in [1.807, 2.05) is 25.1 Å². The van der Waals surface area contributed by atoms with Gasteiger partial charge in [-0.1, -0.05) is 18.2 Å². The van der Waals surface area contributed by atoms with Crippen LogP contribution in [0.3, 0.4) is 0 Å². The molecule has 2 N–H and O–H groups in total. The number of halogens is 2. The molecular weight excluding hydrogens is 572 g/mol. The third kappa shape index (κ3) is 6.96. The van der Waals surface area contributed by atoms with Crippen molar-refractivity contribution >= 4 is 61.3 Å². The molecule has 0 spiro atoms. The van der Waals surface area contributed by atoms with Crippen LogP contribution in [-0.4, -0.2) is 29.6 Å². The Labute approximate surface area is 211 Å². The number of non-ortho nitro benzene ring substituents is 1. The predicted octanol–water partition coefficient (Wildman–Crippen LogP) is 5.21. The van der Waals surface area contributed by atoms with Gasteiger partial charge in [0.25, 0.3) is 17.5 Å². The van der Waals surface area contributed by atoms with E-state index in [1.54, 1.807) is 18.2 Å². The second kappa shape index (κ2) is 11.5. The number of nitro groups is 1. The van der Waals surface area contributed by atoms with Crippen molar-refractivity contribution in [1.82, 2.24) is 5.43 Å². The number of benzene rings is 3. The standard InChI is InChI=1S/C23H18Br2N4O5/c1-14-4-2-6-17(8-14)27-21(30)13-34-22-19(24)9-15(10-20(22)25)12-26-28-23(31)16-5-3-7-18(11-16)29(32)33/h2-12H,13H2,1H3,(H,27,30)(H,28,31)/b26-12+. The minimum Gasteiger partial charge on any atom is -0.481 e. The van der Waals surface area contributed by atoms with Crippen molar-refractivity contribution in [2.75, 3.05) is 11.9 Å². The number of nitro benzene ring substituents is 1. The molecule has 9 nitrogen and oxygen atoms in total. The monoisotopic (exact) mass is 588 g/mol. The van der Waals surface area contributed by atoms with Gasteiger partial charge in [0.2, 0.25) is 0 Å². The lowest BCUT2D eigenvalue weighted by Crippen LogP contribution is -2.20. The first-order valence-electron chi connectivity index (χ1n) is 9.79. The number of anilines is 1. The number of hydrogen-bond acceptors (Lipinski definition) is 6. The van der Waals surface area contributed by atoms with Crippen LogP contribution >= 0.6 is 31.9 Å². The fourth-order valence-electron chi connectivity index (χ4n) is 2.84. The smallest absolute Gasteiger partial charge is 0.271 e. The van der Waals surface area contributed by atoms with Crippen LogP contribution in [0, 0.1) is 17.0 Å². The van der Waals surface area contributed by atoms with Gasteiger partial charge in [0.05, 0.1) is 20.1 Å². The zero-order valence-electron chi connectivity index (χ0n) is 17.7. The highest BCUT2D eigenvalue weighted by atomic mass is 79.9. The van der Waals surface area contributed by atoms with Gasteiger partial charge in [-0.25, -0.2) is 5.43 Å². The van der Waals surface area contributed by atoms with Gasteiger partial charge < -0.3 is 10.1 Å². The SMILES string of the molecule is Cc1cccc(NC(=O)COc2c(Br)cc(/C=N/NC(=O)c3cccc([N+](=O)[O-])c3)cc2Br)c1. The number of hydrogen-bond donors (Lipinski definition) is 2. The Hall–Kier alpha value is -3.57. The molecule has 3 rings (SSSR count). The molecule has 0 aliphatic rings. The maximum absolute atomic E-state index is 12.2. The van der Waals surface area contributed by atoms with E-state index < -0.39 is 10.8 Å². The molecule has 0 aromatic heterocycles. The summed E-state index contributed by atoms with van der Waals surface area (Å²) in [6.45, 7) is 1.74. The number of amides is 2. The fraction of sp³-hybridized carbons (Fsp3) is 0.0870. The van der Waals surface area contributed by atoms with E-state index in [1.165, 1.54) is 30.5 Å². The van der Waals surface area contributed by atoms with E-state index in [-0.39, 0.29) is 23.8 Å². The van der Waals surface area contributed by atoms with E-state index in [2.05, 4.69) is 47.7 Å². The van der Waals surface area contributed by atoms with Gasteiger partial charge in [0.15, 0.2) is 6.61 Å². The van der Waals surface area contributed by atoms with Crippen molar-refractivity contribution < 1.29 is 19.2 Å². The van der Waals surface area contributed by atoms with Crippen molar-refractivity contribution in [3.05, 3.63) is 96.4 Å². The van der Waals surface area contributed by atoms with Crippen LogP contribution in [0.15, 0.2) is 74.7 Å². The van der Waals surface area contributed by atoms with Gasteiger partial charge in [0.1, 0.15) is 5.75 Å². The molecule has 0 radical (unpaired) electrons. The van der Waals surface area contributed by atoms with E-state index in [0.29, 0.717) is 25.9 Å². The highest BCUT2D eigenvalue weighted by molar-refractivity contribution is 9.11. The molecule has 0 bridgehead atoms. The second-order valence-corrected chi connectivity index (χ2v) is 8.74. The Morgan fingerprint density at radius 3 is 2.47 bits per heavy atom. The number of rotatable bonds is 8. The van der Waals surface area contributed by atoms with Crippen LogP contribution in [0.1, 0.15) is 21.5 Å². The maximum atomic E-state index is 12.2. The predicted molar refractivity (Wildman–Crippen MR) is 135 cm³/mol. The molecule has 0 heterocycles. The van der Waals surface area contributed by atoms with Crippen LogP contribution < -0.4 is 15.5 Å². The normalized spacial score (nSPS) is 10.7. The van der Waals surface area contributed by atoms with Crippen molar-refractivity contribution in [3.63, 3.8) is 0 Å². The van der Waals surface area contributed by atoms with E-state index in [4.69, 9.17) is 4.74 Å². The molecule has 0 saturated heterocycles. The first-order valence-corrected chi connectivity index (χ1v) is 11.4. The molecule has 3 aromatic rings. The van der Waals surface area contributed by atoms with Crippen molar-refractivity contribution in [2.24, 2.45) is 5.10 Å². The average Bonchev–Trinajstić information content (AvgIpc) is 2.78. The molecule has 3 aromatic carbocycles. The molecule has 34 heavy (non-hydrogen) atoms. The number of ether oxygens (including phenoxy) is 1. The fourth-order valence-corrected chi connectivity index (χ4v) is 4.29. The Kier molecular flexibility index (Phi) is 8.50. The minimum absolute atomic E-state index is 0.112. The molecule has 0 saturated carbocycles. The number of nitrogens with one attached hydrogen (secondary N) is 2. The van der Waals surface area contributed by atoms with Gasteiger partial charge >= 0.3 is 0 Å². The lowest BCUT2D eigenvalue weighted by Gasteiger charge is -2.12. The molecule has 11 heteroatoms. The summed E-state index contributed by atoms with van der Waals surface area (Å²) >= 11 is 6.81. The summed E-state index contributed by atoms with van der Waals surface area (Å²) in [7, 11) is 0. The van der Waals surface area contributed by atoms with Crippen molar-refractivity contribution in [3.8, 4) is 5.75 Å². The second-order valence-electron chi connectivity index (χ2n) is 7.03. The van der Waals surface area contributed by atoms with Gasteiger partial charge in [-0.05, 0) is 80.2 Å². The Balaban J connectivity index is 1.59. The zero-order chi connectivity index (χ0) is 24.7. The molecule has 0 unspecified atom stereocenters. The Bertz CT molecular complexity index is 1260. The van der Waals surface area contributed by atoms with Gasteiger partial charge in [-0.2, -0.15) is 5.10 Å². The minimum atomic E-state index is -0.586. The molecule has 0 aliphatic carbocycles. The quantitative estimate of drug-likeness (QED) is 0.212. The van der Waals surface area contributed by atoms with Crippen LogP contribution in [0.25, 0.3) is 0 Å². The van der Waals surface area contributed by atoms with Gasteiger partial charge in [-0.3, -0.25) is 19.7 Å². The summed E-state index contributed by atoms with van der Waals surface area (Å²) in [5.41, 5.74) is 4.59. The molecule has 0 atom stereocenters. The summed E-state index contributed by atoms with van der Waals surface area (Å²) < 4.78 is 6.78. The maximum Gasteiger partial charge on any atom is 0.271 e. The van der Waals surface area contributed by atoms with Crippen LogP contribution in [-0.2, 0) is 4.79 Å². The highest BCUT2D eigenvalue weighted by Crippen LogP contribution is 2.34. The molecule has 2 amide bonds. The Morgan fingerprint density at radius 2 is 1.79 bits per heavy atom. The zero-order valence-corrected chi connectivity index (χ0v) is 20.9. The lowest BCUT2D eigenvalue weighted by molar-refractivity contribution is -0.384. The molecule has 0 aliphatic heterocycles. The number of carbonyl (C=O) groups excluding carboxylic acids is 2. The largest absolute Gasteiger partial charge is 0.481 e. The summed E-state index contributed by atoms with van der Waals surface area (Å²) in [5, 5.41) is 17.5. The van der Waals surface area contributed by atoms with Crippen LogP contribution in [0.4, 0.5) is 11.4 Å². The van der Waals surface area contributed by atoms with Crippen LogP contribution in [0.5, 0.6) is 5.75 Å². The lowest BCUT2D eigenvalue weighted by atomic mass is 10.2. The highest BCUT2D eigenvalue weighted by Gasteiger charge is 2.13. The van der Waals surface area contributed by atoms with Crippen LogP contribution in [0.2, 0.25) is 0 Å². The Morgan fingerprint density at radius 1 is 1.09 bits per heavy atom. The molecule has 0 fully saturated rings. The summed E-state index contributed by atoms with van der Waals surface area (Å²) in [6, 6.07) is 16.2. The van der Waals surface area contributed by atoms with Gasteiger partial charge in [-0.15, -0.1) is 0 Å². The van der Waals surface area contributed by atoms with Crippen molar-refractivity contribution in [2.45, 2.75) is 6.92 Å². The summed E-state index contributed by atoms with van der Waals surface area (Å²) in [6.07, 6.45) is 1.40. The third-order valence-corrected chi connectivity index (χ3v) is 5.55. The number of carbonyl (C=O) groups is 2. The third-order valence-electron chi connectivity index (χ3n) is 4.37. The first kappa shape index (κ1) is 25.1.